The van der Waals surface area contributed by atoms with Gasteiger partial charge >= 0.3 is 28.0 Å². The van der Waals surface area contributed by atoms with E-state index in [0.717, 1.165) is 38.5 Å². The van der Waals surface area contributed by atoms with Gasteiger partial charge in [-0.3, -0.25) is 9.59 Å². The number of esters is 2. The van der Waals surface area contributed by atoms with E-state index in [2.05, 4.69) is 0 Å². The molecule has 0 spiro atoms. The Morgan fingerprint density at radius 3 is 0.886 bits per heavy atom. The number of benzene rings is 6. The molecule has 0 heterocycles. The Balaban J connectivity index is 0.000000155. The molecule has 0 atom stereocenters. The van der Waals surface area contributed by atoms with Crippen LogP contribution in [0.4, 0.5) is 30.7 Å². The summed E-state index contributed by atoms with van der Waals surface area (Å²) in [6, 6.07) is 40.2. The summed E-state index contributed by atoms with van der Waals surface area (Å²) in [6.07, 6.45) is 11.1. The Hall–Kier alpha value is -6.78. The molecule has 12 nitrogen and oxygen atoms in total. The van der Waals surface area contributed by atoms with Gasteiger partial charge in [0, 0.05) is 6.26 Å². The zero-order valence-corrected chi connectivity index (χ0v) is 50.3. The van der Waals surface area contributed by atoms with E-state index in [1.165, 1.54) is 121 Å². The van der Waals surface area contributed by atoms with E-state index >= 15 is 8.78 Å². The molecule has 8 aliphatic rings. The predicted molar refractivity (Wildman–Crippen MR) is 314 cm³/mol. The van der Waals surface area contributed by atoms with Crippen molar-refractivity contribution in [2.45, 2.75) is 103 Å². The first-order chi connectivity index (χ1) is 41.4. The lowest BCUT2D eigenvalue weighted by molar-refractivity contribution is -0.177. The molecule has 0 aromatic heterocycles. The zero-order chi connectivity index (χ0) is 63.4. The quantitative estimate of drug-likeness (QED) is 0.0529. The summed E-state index contributed by atoms with van der Waals surface area (Å²) in [5.41, 5.74) is -6.87. The Bertz CT molecular complexity index is 3670. The molecular weight excluding hydrogens is 1210 g/mol. The molecule has 0 unspecified atom stereocenters. The summed E-state index contributed by atoms with van der Waals surface area (Å²) in [5.74, 6) is 1.08. The first-order valence-corrected chi connectivity index (χ1v) is 33.9. The fourth-order valence-corrected chi connectivity index (χ4v) is 19.9. The summed E-state index contributed by atoms with van der Waals surface area (Å²) >= 11 is 0. The van der Waals surface area contributed by atoms with Gasteiger partial charge in [-0.25, -0.2) is 25.3 Å². The Kier molecular flexibility index (Phi) is 17.4. The Morgan fingerprint density at radius 1 is 0.398 bits per heavy atom. The van der Waals surface area contributed by atoms with E-state index < -0.39 is 91.0 Å². The van der Waals surface area contributed by atoms with Crippen molar-refractivity contribution in [2.75, 3.05) is 19.5 Å². The van der Waals surface area contributed by atoms with E-state index in [0.29, 0.717) is 80.3 Å². The highest BCUT2D eigenvalue weighted by atomic mass is 32.2. The summed E-state index contributed by atoms with van der Waals surface area (Å²) < 4.78 is 183. The van der Waals surface area contributed by atoms with Crippen LogP contribution in [0.3, 0.4) is 0 Å². The average Bonchev–Trinajstić information content (AvgIpc) is 0.782. The molecule has 6 aromatic carbocycles. The van der Waals surface area contributed by atoms with Gasteiger partial charge in [0.2, 0.25) is 19.7 Å². The lowest BCUT2D eigenvalue weighted by Crippen LogP contribution is -2.53. The van der Waals surface area contributed by atoms with Gasteiger partial charge in [0.15, 0.2) is 22.7 Å². The minimum atomic E-state index is -5.75. The Labute approximate surface area is 507 Å². The van der Waals surface area contributed by atoms with Crippen LogP contribution in [0, 0.1) is 46.3 Å². The SMILES string of the molecule is CS(=O)(=O)C(F)(F)COC(=O)C12CC3CC(CC(C3)C1)C2.O=C(OCC(F)(F)S(=O)(=O)C(c1ccccc1)(c1ccccc1)c1ccc(O)cc1)C12CC3CC(CC(C3)C1)C2.O=S(=O)(C(F)(F)F)C(c1ccccc1)(c1ccccc1)c1ccc(O)cc1. The van der Waals surface area contributed by atoms with Gasteiger partial charge in [0.25, 0.3) is 9.84 Å². The van der Waals surface area contributed by atoms with Gasteiger partial charge in [-0.15, -0.1) is 0 Å². The van der Waals surface area contributed by atoms with Crippen molar-refractivity contribution < 1.29 is 85.3 Å². The molecule has 14 rings (SSSR count). The second-order valence-corrected chi connectivity index (χ2v) is 31.4. The monoisotopic (exact) mass is 1280 g/mol. The zero-order valence-electron chi connectivity index (χ0n) is 47.9. The molecule has 8 fully saturated rings. The van der Waals surface area contributed by atoms with Crippen LogP contribution >= 0.6 is 0 Å². The number of sulfone groups is 3. The number of phenolic OH excluding ortho intramolecular Hbond substituents is 2. The molecule has 0 radical (unpaired) electrons. The van der Waals surface area contributed by atoms with Gasteiger partial charge in [-0.2, -0.15) is 30.7 Å². The summed E-state index contributed by atoms with van der Waals surface area (Å²) in [4.78, 5) is 25.7. The normalized spacial score (nSPS) is 24.9. The fraction of sp³-hybridized carbons (Fsp3) is 0.424. The van der Waals surface area contributed by atoms with Crippen molar-refractivity contribution >= 4 is 41.5 Å². The molecule has 8 aliphatic carbocycles. The van der Waals surface area contributed by atoms with E-state index in [4.69, 9.17) is 9.47 Å². The number of hydrogen-bond acceptors (Lipinski definition) is 12. The lowest BCUT2D eigenvalue weighted by Gasteiger charge is -2.55. The van der Waals surface area contributed by atoms with Crippen LogP contribution < -0.4 is 0 Å². The molecular formula is C66H67F7O12S3. The number of ether oxygens (including phenoxy) is 2. The molecule has 0 amide bonds. The van der Waals surface area contributed by atoms with Crippen molar-refractivity contribution in [3.63, 3.8) is 0 Å². The van der Waals surface area contributed by atoms with Gasteiger partial charge in [0.05, 0.1) is 10.8 Å². The first-order valence-electron chi connectivity index (χ1n) is 29.1. The third kappa shape index (κ3) is 11.6. The number of carbonyl (C=O) groups is 2. The third-order valence-electron chi connectivity index (χ3n) is 19.0. The second-order valence-electron chi connectivity index (χ2n) is 25.0. The van der Waals surface area contributed by atoms with Crippen LogP contribution in [0.1, 0.15) is 110 Å². The van der Waals surface area contributed by atoms with Crippen LogP contribution in [0.15, 0.2) is 170 Å². The minimum absolute atomic E-state index is 0.0368. The van der Waals surface area contributed by atoms with E-state index in [9.17, 15) is 67.0 Å². The molecule has 6 aromatic rings. The van der Waals surface area contributed by atoms with E-state index in [-0.39, 0.29) is 44.9 Å². The molecule has 2 N–H and O–H groups in total. The summed E-state index contributed by atoms with van der Waals surface area (Å²) in [5, 5.41) is 11.1. The molecule has 8 saturated carbocycles. The minimum Gasteiger partial charge on any atom is -0.508 e. The Morgan fingerprint density at radius 2 is 0.636 bits per heavy atom. The maximum atomic E-state index is 16.3. The van der Waals surface area contributed by atoms with E-state index in [1.54, 1.807) is 48.5 Å². The van der Waals surface area contributed by atoms with Crippen molar-refractivity contribution in [3.05, 3.63) is 203 Å². The molecule has 0 aliphatic heterocycles. The number of aromatic hydroxyl groups is 2. The van der Waals surface area contributed by atoms with Crippen molar-refractivity contribution in [1.82, 2.24) is 0 Å². The van der Waals surface area contributed by atoms with Crippen LogP contribution in [-0.2, 0) is 58.1 Å². The third-order valence-corrected chi connectivity index (χ3v) is 24.7. The van der Waals surface area contributed by atoms with E-state index in [1.807, 2.05) is 0 Å². The molecule has 470 valence electrons. The molecule has 0 saturated heterocycles. The number of halogens is 7. The van der Waals surface area contributed by atoms with Crippen LogP contribution in [0.5, 0.6) is 11.5 Å². The lowest BCUT2D eigenvalue weighted by atomic mass is 9.49. The smallest absolute Gasteiger partial charge is 0.498 e. The van der Waals surface area contributed by atoms with Crippen LogP contribution in [-0.4, -0.2) is 82.9 Å². The molecule has 22 heteroatoms. The largest absolute Gasteiger partial charge is 0.508 e. The van der Waals surface area contributed by atoms with Gasteiger partial charge in [-0.1, -0.05) is 146 Å². The second kappa shape index (κ2) is 23.9. The number of hydrogen-bond donors (Lipinski definition) is 2. The number of carbonyl (C=O) groups excluding carboxylic acids is 2. The van der Waals surface area contributed by atoms with Gasteiger partial charge < -0.3 is 19.7 Å². The van der Waals surface area contributed by atoms with Crippen LogP contribution in [0.2, 0.25) is 0 Å². The highest BCUT2D eigenvalue weighted by Crippen LogP contribution is 2.62. The number of phenols is 2. The van der Waals surface area contributed by atoms with Crippen molar-refractivity contribution in [2.24, 2.45) is 46.3 Å². The highest BCUT2D eigenvalue weighted by Gasteiger charge is 2.65. The summed E-state index contributed by atoms with van der Waals surface area (Å²) in [7, 11) is -15.8. The van der Waals surface area contributed by atoms with Gasteiger partial charge in [-0.05, 0) is 170 Å². The topological polar surface area (TPSA) is 195 Å². The standard InChI is InChI=1S/C32H32F2O5S.C20H15F3O3S.C14H20F2O4S/c33-31(34,21-39-29(36)30-18-22-15-23(19-30)17-24(16-22)20-30)40(37,38)32(25-7-3-1-4-8-25,26-9-5-2-6-10-26)27-11-13-28(35)14-12-27;21-20(22,23)27(25,26)19(15-7-3-1-4-8-15,16-9-5-2-6-10-16)17-11-13-18(24)14-12-17;1-21(18,19)14(15,16)8-20-12(17)13-5-9-2-10(6-13)4-11(3-9)7-13/h1-14,22-24,35H,15-21H2;1-14,24H;9-11H,2-8H2,1H3. The maximum absolute atomic E-state index is 16.3. The fourth-order valence-electron chi connectivity index (χ4n) is 15.9. The maximum Gasteiger partial charge on any atom is 0.498 e. The highest BCUT2D eigenvalue weighted by molar-refractivity contribution is 7.94. The molecule has 8 bridgehead atoms. The van der Waals surface area contributed by atoms with Crippen molar-refractivity contribution in [1.29, 1.82) is 0 Å². The first kappa shape index (κ1) is 64.2. The summed E-state index contributed by atoms with van der Waals surface area (Å²) in [6.45, 7) is -2.93. The van der Waals surface area contributed by atoms with Crippen molar-refractivity contribution in [3.8, 4) is 11.5 Å². The average molecular weight is 1280 g/mol. The molecule has 88 heavy (non-hydrogen) atoms. The number of alkyl halides is 7. The van der Waals surface area contributed by atoms with Gasteiger partial charge in [0.1, 0.15) is 11.5 Å². The van der Waals surface area contributed by atoms with Crippen LogP contribution in [0.25, 0.3) is 0 Å². The predicted octanol–water partition coefficient (Wildman–Crippen LogP) is 13.5. The number of rotatable bonds is 16.